The Morgan fingerprint density at radius 3 is 2.96 bits per heavy atom. The van der Waals surface area contributed by atoms with Crippen molar-refractivity contribution in [3.8, 4) is 6.07 Å². The van der Waals surface area contributed by atoms with Gasteiger partial charge in [-0.05, 0) is 63.0 Å². The molecule has 0 bridgehead atoms. The minimum atomic E-state index is 0.575. The second kappa shape index (κ2) is 6.87. The minimum absolute atomic E-state index is 0.575. The van der Waals surface area contributed by atoms with Gasteiger partial charge in [0.15, 0.2) is 0 Å². The van der Waals surface area contributed by atoms with Gasteiger partial charge in [0.25, 0.3) is 0 Å². The Bertz CT molecular complexity index is 801. The first-order chi connectivity index (χ1) is 12.2. The predicted octanol–water partition coefficient (Wildman–Crippen LogP) is 3.25. The fraction of sp³-hybridized carbons (Fsp3) is 0.550. The van der Waals surface area contributed by atoms with Crippen LogP contribution in [0.3, 0.4) is 0 Å². The molecule has 25 heavy (non-hydrogen) atoms. The lowest BCUT2D eigenvalue weighted by Gasteiger charge is -2.35. The second-order valence-corrected chi connectivity index (χ2v) is 7.37. The van der Waals surface area contributed by atoms with Crippen LogP contribution in [0.2, 0.25) is 0 Å². The SMILES string of the molecule is Cc1nccn1C[C@@H]1CCCN(c2nc3c(cc2C#N)CCCC3)C1. The minimum Gasteiger partial charge on any atom is -0.355 e. The molecule has 4 rings (SSSR count). The van der Waals surface area contributed by atoms with Gasteiger partial charge in [0, 0.05) is 37.7 Å². The predicted molar refractivity (Wildman–Crippen MR) is 97.5 cm³/mol. The molecule has 130 valence electrons. The van der Waals surface area contributed by atoms with Crippen molar-refractivity contribution in [3.05, 3.63) is 41.1 Å². The number of piperidine rings is 1. The Labute approximate surface area is 149 Å². The molecule has 1 fully saturated rings. The lowest BCUT2D eigenvalue weighted by atomic mass is 9.94. The average molecular weight is 335 g/mol. The molecule has 1 atom stereocenters. The average Bonchev–Trinajstić information content (AvgIpc) is 3.05. The summed E-state index contributed by atoms with van der Waals surface area (Å²) >= 11 is 0. The maximum Gasteiger partial charge on any atom is 0.146 e. The van der Waals surface area contributed by atoms with Gasteiger partial charge in [-0.2, -0.15) is 5.26 Å². The first-order valence-electron chi connectivity index (χ1n) is 9.40. The van der Waals surface area contributed by atoms with Gasteiger partial charge in [-0.1, -0.05) is 0 Å². The van der Waals surface area contributed by atoms with Gasteiger partial charge in [0.05, 0.1) is 5.56 Å². The molecule has 2 aliphatic rings. The van der Waals surface area contributed by atoms with Crippen molar-refractivity contribution >= 4 is 5.82 Å². The highest BCUT2D eigenvalue weighted by Crippen LogP contribution is 2.29. The Morgan fingerprint density at radius 1 is 1.28 bits per heavy atom. The van der Waals surface area contributed by atoms with E-state index in [2.05, 4.69) is 39.7 Å². The van der Waals surface area contributed by atoms with Gasteiger partial charge in [0.1, 0.15) is 17.7 Å². The fourth-order valence-corrected chi connectivity index (χ4v) is 4.23. The van der Waals surface area contributed by atoms with Crippen molar-refractivity contribution in [2.45, 2.75) is 52.0 Å². The molecule has 1 aliphatic heterocycles. The number of nitrogens with zero attached hydrogens (tertiary/aromatic N) is 5. The van der Waals surface area contributed by atoms with Crippen LogP contribution >= 0.6 is 0 Å². The van der Waals surface area contributed by atoms with Crippen LogP contribution in [0.15, 0.2) is 18.5 Å². The van der Waals surface area contributed by atoms with Crippen LogP contribution in [0, 0.1) is 24.2 Å². The van der Waals surface area contributed by atoms with E-state index in [1.807, 2.05) is 6.20 Å². The van der Waals surface area contributed by atoms with Gasteiger partial charge in [-0.15, -0.1) is 0 Å². The number of aryl methyl sites for hydroxylation is 3. The fourth-order valence-electron chi connectivity index (χ4n) is 4.23. The summed E-state index contributed by atoms with van der Waals surface area (Å²) < 4.78 is 2.24. The number of rotatable bonds is 3. The van der Waals surface area contributed by atoms with Crippen LogP contribution < -0.4 is 4.90 Å². The number of hydrogen-bond donors (Lipinski definition) is 0. The molecule has 5 nitrogen and oxygen atoms in total. The second-order valence-electron chi connectivity index (χ2n) is 7.37. The molecule has 0 saturated carbocycles. The van der Waals surface area contributed by atoms with Crippen LogP contribution in [-0.2, 0) is 19.4 Å². The van der Waals surface area contributed by atoms with Crippen molar-refractivity contribution in [2.24, 2.45) is 5.92 Å². The van der Waals surface area contributed by atoms with Gasteiger partial charge in [-0.25, -0.2) is 9.97 Å². The highest BCUT2D eigenvalue weighted by atomic mass is 15.2. The van der Waals surface area contributed by atoms with Crippen LogP contribution in [0.5, 0.6) is 0 Å². The first-order valence-corrected chi connectivity index (χ1v) is 9.40. The van der Waals surface area contributed by atoms with E-state index in [4.69, 9.17) is 4.98 Å². The lowest BCUT2D eigenvalue weighted by Crippen LogP contribution is -2.38. The molecule has 5 heteroatoms. The van der Waals surface area contributed by atoms with Gasteiger partial charge in [0.2, 0.25) is 0 Å². The van der Waals surface area contributed by atoms with Crippen molar-refractivity contribution in [1.82, 2.24) is 14.5 Å². The number of fused-ring (bicyclic) bond motifs is 1. The van der Waals surface area contributed by atoms with E-state index in [0.29, 0.717) is 5.92 Å². The van der Waals surface area contributed by atoms with E-state index in [1.54, 1.807) is 0 Å². The normalized spacial score (nSPS) is 20.2. The quantitative estimate of drug-likeness (QED) is 0.864. The largest absolute Gasteiger partial charge is 0.355 e. The van der Waals surface area contributed by atoms with E-state index in [1.165, 1.54) is 30.5 Å². The van der Waals surface area contributed by atoms with Crippen molar-refractivity contribution < 1.29 is 0 Å². The summed E-state index contributed by atoms with van der Waals surface area (Å²) in [5.41, 5.74) is 3.25. The molecular formula is C20H25N5. The van der Waals surface area contributed by atoms with Crippen LogP contribution in [0.25, 0.3) is 0 Å². The number of aromatic nitrogens is 3. The molecule has 0 amide bonds. The number of pyridine rings is 1. The Balaban J connectivity index is 1.56. The molecule has 1 aliphatic carbocycles. The molecule has 0 spiro atoms. The zero-order valence-corrected chi connectivity index (χ0v) is 14.9. The Morgan fingerprint density at radius 2 is 2.16 bits per heavy atom. The molecule has 0 unspecified atom stereocenters. The highest BCUT2D eigenvalue weighted by molar-refractivity contribution is 5.56. The smallest absolute Gasteiger partial charge is 0.146 e. The standard InChI is InChI=1S/C20H25N5/c1-15-22-8-10-24(15)13-16-5-4-9-25(14-16)20-18(12-21)11-17-6-2-3-7-19(17)23-20/h8,10-11,16H,2-7,9,13-14H2,1H3/t16-/m0/s1. The van der Waals surface area contributed by atoms with Crippen LogP contribution in [0.4, 0.5) is 5.82 Å². The van der Waals surface area contributed by atoms with E-state index in [-0.39, 0.29) is 0 Å². The third kappa shape index (κ3) is 3.26. The number of nitriles is 1. The summed E-state index contributed by atoms with van der Waals surface area (Å²) in [5.74, 6) is 2.56. The van der Waals surface area contributed by atoms with Gasteiger partial charge < -0.3 is 9.47 Å². The number of hydrogen-bond acceptors (Lipinski definition) is 4. The third-order valence-electron chi connectivity index (χ3n) is 5.60. The zero-order valence-electron chi connectivity index (χ0n) is 14.9. The van der Waals surface area contributed by atoms with E-state index >= 15 is 0 Å². The van der Waals surface area contributed by atoms with Crippen LogP contribution in [0.1, 0.15) is 48.3 Å². The molecule has 2 aromatic rings. The highest BCUT2D eigenvalue weighted by Gasteiger charge is 2.25. The summed E-state index contributed by atoms with van der Waals surface area (Å²) in [4.78, 5) is 11.6. The van der Waals surface area contributed by atoms with Crippen molar-refractivity contribution in [1.29, 1.82) is 5.26 Å². The monoisotopic (exact) mass is 335 g/mol. The Kier molecular flexibility index (Phi) is 4.44. The van der Waals surface area contributed by atoms with Gasteiger partial charge in [-0.3, -0.25) is 0 Å². The maximum atomic E-state index is 9.63. The summed E-state index contributed by atoms with van der Waals surface area (Å²) in [7, 11) is 0. The zero-order chi connectivity index (χ0) is 17.2. The molecule has 3 heterocycles. The Hall–Kier alpha value is -2.35. The lowest BCUT2D eigenvalue weighted by molar-refractivity contribution is 0.362. The topological polar surface area (TPSA) is 57.7 Å². The first kappa shape index (κ1) is 16.1. The summed E-state index contributed by atoms with van der Waals surface area (Å²) in [5, 5.41) is 9.63. The molecule has 1 saturated heterocycles. The number of imidazole rings is 1. The third-order valence-corrected chi connectivity index (χ3v) is 5.60. The van der Waals surface area contributed by atoms with E-state index in [9.17, 15) is 5.26 Å². The maximum absolute atomic E-state index is 9.63. The van der Waals surface area contributed by atoms with E-state index in [0.717, 1.165) is 56.1 Å². The molecule has 0 radical (unpaired) electrons. The van der Waals surface area contributed by atoms with Crippen LogP contribution in [-0.4, -0.2) is 27.6 Å². The summed E-state index contributed by atoms with van der Waals surface area (Å²) in [6.07, 6.45) is 10.9. The molecule has 2 aromatic heterocycles. The summed E-state index contributed by atoms with van der Waals surface area (Å²) in [6, 6.07) is 4.49. The number of anilines is 1. The molecule has 0 N–H and O–H groups in total. The molecular weight excluding hydrogens is 310 g/mol. The van der Waals surface area contributed by atoms with E-state index < -0.39 is 0 Å². The van der Waals surface area contributed by atoms with Gasteiger partial charge >= 0.3 is 0 Å². The van der Waals surface area contributed by atoms with Crippen molar-refractivity contribution in [3.63, 3.8) is 0 Å². The summed E-state index contributed by atoms with van der Waals surface area (Å²) in [6.45, 7) is 5.02. The molecule has 0 aromatic carbocycles. The van der Waals surface area contributed by atoms with Crippen molar-refractivity contribution in [2.75, 3.05) is 18.0 Å².